The van der Waals surface area contributed by atoms with Crippen LogP contribution < -0.4 is 10.9 Å². The summed E-state index contributed by atoms with van der Waals surface area (Å²) in [5.74, 6) is -4.09. The normalized spacial score (nSPS) is 11.9. The van der Waals surface area contributed by atoms with Gasteiger partial charge in [-0.3, -0.25) is 9.59 Å². The molecule has 0 saturated heterocycles. The van der Waals surface area contributed by atoms with Crippen LogP contribution in [-0.2, 0) is 18.3 Å². The molecule has 0 spiro atoms. The molecule has 0 bridgehead atoms. The lowest BCUT2D eigenvalue weighted by Gasteiger charge is -2.18. The van der Waals surface area contributed by atoms with Gasteiger partial charge in [0.15, 0.2) is 0 Å². The van der Waals surface area contributed by atoms with Crippen LogP contribution in [0.1, 0.15) is 21.7 Å². The Morgan fingerprint density at radius 1 is 1.02 bits per heavy atom. The maximum Gasteiger partial charge on any atom is 0.326 e. The van der Waals surface area contributed by atoms with E-state index in [1.54, 1.807) is 67.5 Å². The molecule has 0 aliphatic heterocycles. The average molecular weight is 544 g/mol. The molecule has 202 valence electrons. The zero-order valence-corrected chi connectivity index (χ0v) is 21.4. The molecule has 0 radical (unpaired) electrons. The van der Waals surface area contributed by atoms with Crippen molar-refractivity contribution in [3.8, 4) is 16.8 Å². The van der Waals surface area contributed by atoms with E-state index in [1.165, 1.54) is 4.68 Å². The first kappa shape index (κ1) is 26.4. The number of hydrogen-bond acceptors (Lipinski definition) is 5. The number of hydrogen-bond donors (Lipinski definition) is 2. The molecule has 2 heterocycles. The van der Waals surface area contributed by atoms with Gasteiger partial charge in [0.1, 0.15) is 29.1 Å². The molecular formula is C29H23F2N5O4. The Hall–Kier alpha value is -5.19. The predicted octanol–water partition coefficient (Wildman–Crippen LogP) is 3.80. The first-order chi connectivity index (χ1) is 19.2. The molecule has 0 aliphatic rings. The minimum atomic E-state index is -1.49. The van der Waals surface area contributed by atoms with Crippen molar-refractivity contribution in [1.82, 2.24) is 24.6 Å². The number of aryl methyl sites for hydroxylation is 2. The average Bonchev–Trinajstić information content (AvgIpc) is 3.35. The lowest BCUT2D eigenvalue weighted by molar-refractivity contribution is -0.139. The summed E-state index contributed by atoms with van der Waals surface area (Å²) in [5, 5.41) is 17.6. The molecule has 5 aromatic rings. The highest BCUT2D eigenvalue weighted by molar-refractivity contribution is 6.00. The number of carbonyl (C=O) groups is 2. The molecule has 11 heteroatoms. The van der Waals surface area contributed by atoms with Crippen molar-refractivity contribution in [1.29, 1.82) is 0 Å². The Labute approximate surface area is 226 Å². The summed E-state index contributed by atoms with van der Waals surface area (Å²) in [6.07, 6.45) is 4.74. The van der Waals surface area contributed by atoms with E-state index in [0.29, 0.717) is 39.0 Å². The minimum absolute atomic E-state index is 0.181. The Kier molecular flexibility index (Phi) is 6.95. The summed E-state index contributed by atoms with van der Waals surface area (Å²) in [6.45, 7) is 1.80. The number of carboxylic acid groups (broad SMARTS) is 1. The van der Waals surface area contributed by atoms with Gasteiger partial charge >= 0.3 is 5.97 Å². The summed E-state index contributed by atoms with van der Waals surface area (Å²) in [7, 11) is 1.55. The highest BCUT2D eigenvalue weighted by atomic mass is 19.1. The van der Waals surface area contributed by atoms with Gasteiger partial charge in [0, 0.05) is 25.9 Å². The third-order valence-corrected chi connectivity index (χ3v) is 6.70. The SMILES string of the molecule is Cc1nccn1-c1cnn(C)c(=O)c1-c1cccc2c(C[C@H](NC(=O)c3c(F)cccc3F)C(=O)O)cccc12. The van der Waals surface area contributed by atoms with E-state index >= 15 is 0 Å². The summed E-state index contributed by atoms with van der Waals surface area (Å²) in [4.78, 5) is 42.4. The van der Waals surface area contributed by atoms with Crippen molar-refractivity contribution in [2.45, 2.75) is 19.4 Å². The second-order valence-electron chi connectivity index (χ2n) is 9.16. The van der Waals surface area contributed by atoms with Crippen LogP contribution in [0.3, 0.4) is 0 Å². The molecule has 1 amide bonds. The number of imidazole rings is 1. The topological polar surface area (TPSA) is 119 Å². The molecule has 3 aromatic carbocycles. The number of benzene rings is 3. The van der Waals surface area contributed by atoms with E-state index in [2.05, 4.69) is 15.4 Å². The van der Waals surface area contributed by atoms with Gasteiger partial charge in [-0.1, -0.05) is 42.5 Å². The Bertz CT molecular complexity index is 1830. The van der Waals surface area contributed by atoms with Gasteiger partial charge in [0.25, 0.3) is 11.5 Å². The predicted molar refractivity (Wildman–Crippen MR) is 143 cm³/mol. The third kappa shape index (κ3) is 4.73. The second-order valence-corrected chi connectivity index (χ2v) is 9.16. The summed E-state index contributed by atoms with van der Waals surface area (Å²) < 4.78 is 31.2. The number of aliphatic carboxylic acids is 1. The molecule has 0 unspecified atom stereocenters. The van der Waals surface area contributed by atoms with Gasteiger partial charge in [-0.05, 0) is 41.0 Å². The van der Waals surface area contributed by atoms with Crippen LogP contribution >= 0.6 is 0 Å². The first-order valence-electron chi connectivity index (χ1n) is 12.2. The van der Waals surface area contributed by atoms with E-state index in [-0.39, 0.29) is 12.0 Å². The maximum atomic E-state index is 14.1. The number of fused-ring (bicyclic) bond motifs is 1. The zero-order chi connectivity index (χ0) is 28.6. The second kappa shape index (κ2) is 10.5. The Morgan fingerprint density at radius 2 is 1.70 bits per heavy atom. The summed E-state index contributed by atoms with van der Waals surface area (Å²) in [5.41, 5.74) is 0.844. The van der Waals surface area contributed by atoms with Crippen molar-refractivity contribution in [2.24, 2.45) is 7.05 Å². The van der Waals surface area contributed by atoms with Crippen molar-refractivity contribution < 1.29 is 23.5 Å². The summed E-state index contributed by atoms with van der Waals surface area (Å²) >= 11 is 0. The minimum Gasteiger partial charge on any atom is -0.480 e. The van der Waals surface area contributed by atoms with Crippen molar-refractivity contribution in [3.63, 3.8) is 0 Å². The number of rotatable bonds is 7. The quantitative estimate of drug-likeness (QED) is 0.322. The largest absolute Gasteiger partial charge is 0.480 e. The highest BCUT2D eigenvalue weighted by Gasteiger charge is 2.26. The molecule has 2 aromatic heterocycles. The lowest BCUT2D eigenvalue weighted by Crippen LogP contribution is -2.43. The maximum absolute atomic E-state index is 14.1. The molecule has 40 heavy (non-hydrogen) atoms. The van der Waals surface area contributed by atoms with Gasteiger partial charge in [0.2, 0.25) is 0 Å². The highest BCUT2D eigenvalue weighted by Crippen LogP contribution is 2.32. The number of nitrogens with one attached hydrogen (secondary N) is 1. The third-order valence-electron chi connectivity index (χ3n) is 6.70. The van der Waals surface area contributed by atoms with E-state index in [0.717, 1.165) is 18.2 Å². The Morgan fingerprint density at radius 3 is 2.38 bits per heavy atom. The van der Waals surface area contributed by atoms with Crippen LogP contribution in [0.15, 0.2) is 78.0 Å². The van der Waals surface area contributed by atoms with Gasteiger partial charge in [-0.2, -0.15) is 5.10 Å². The first-order valence-corrected chi connectivity index (χ1v) is 12.2. The number of nitrogens with zero attached hydrogens (tertiary/aromatic N) is 4. The molecule has 0 saturated carbocycles. The van der Waals surface area contributed by atoms with E-state index in [4.69, 9.17) is 0 Å². The number of carboxylic acids is 1. The fourth-order valence-corrected chi connectivity index (χ4v) is 4.73. The number of amides is 1. The van der Waals surface area contributed by atoms with E-state index in [9.17, 15) is 28.3 Å². The van der Waals surface area contributed by atoms with Crippen molar-refractivity contribution in [2.75, 3.05) is 0 Å². The van der Waals surface area contributed by atoms with Crippen LogP contribution in [0.4, 0.5) is 8.78 Å². The van der Waals surface area contributed by atoms with Crippen LogP contribution in [0, 0.1) is 18.6 Å². The van der Waals surface area contributed by atoms with Crippen LogP contribution in [0.2, 0.25) is 0 Å². The monoisotopic (exact) mass is 543 g/mol. The molecular weight excluding hydrogens is 520 g/mol. The van der Waals surface area contributed by atoms with Gasteiger partial charge in [0.05, 0.1) is 17.4 Å². The molecule has 9 nitrogen and oxygen atoms in total. The molecule has 2 N–H and O–H groups in total. The Balaban J connectivity index is 1.59. The van der Waals surface area contributed by atoms with Crippen LogP contribution in [0.25, 0.3) is 27.6 Å². The standard InChI is InChI=1S/C29H23F2N5O4/c1-16-32-12-13-36(16)24-15-33-35(2)28(38)25(24)20-9-4-7-18-17(6-3-8-19(18)20)14-23(29(39)40)34-27(37)26-21(30)10-5-11-22(26)31/h3-13,15,23H,14H2,1-2H3,(H,34,37)(H,39,40)/t23-/m0/s1. The molecule has 0 fully saturated rings. The number of carbonyl (C=O) groups excluding carboxylic acids is 1. The van der Waals surface area contributed by atoms with Gasteiger partial charge in [-0.15, -0.1) is 0 Å². The zero-order valence-electron chi connectivity index (χ0n) is 21.4. The van der Waals surface area contributed by atoms with E-state index < -0.39 is 35.1 Å². The van der Waals surface area contributed by atoms with Gasteiger partial charge in [-0.25, -0.2) is 23.2 Å². The van der Waals surface area contributed by atoms with Crippen molar-refractivity contribution in [3.05, 3.63) is 112 Å². The van der Waals surface area contributed by atoms with Crippen LogP contribution in [0.5, 0.6) is 0 Å². The fourth-order valence-electron chi connectivity index (χ4n) is 4.73. The van der Waals surface area contributed by atoms with Crippen molar-refractivity contribution >= 4 is 22.6 Å². The van der Waals surface area contributed by atoms with E-state index in [1.807, 2.05) is 6.07 Å². The molecule has 5 rings (SSSR count). The number of halogens is 2. The van der Waals surface area contributed by atoms with Gasteiger partial charge < -0.3 is 15.0 Å². The number of aromatic nitrogens is 4. The summed E-state index contributed by atoms with van der Waals surface area (Å²) in [6, 6.07) is 12.0. The molecule has 0 aliphatic carbocycles. The fraction of sp³-hybridized carbons (Fsp3) is 0.138. The smallest absolute Gasteiger partial charge is 0.326 e. The van der Waals surface area contributed by atoms with Crippen LogP contribution in [-0.4, -0.2) is 42.4 Å². The lowest BCUT2D eigenvalue weighted by atomic mass is 9.93. The molecule has 1 atom stereocenters.